The van der Waals surface area contributed by atoms with Crippen LogP contribution in [0.1, 0.15) is 32.8 Å². The number of hydrogen-bond donors (Lipinski definition) is 1. The molecule has 16 heavy (non-hydrogen) atoms. The van der Waals surface area contributed by atoms with Crippen LogP contribution >= 0.6 is 0 Å². The van der Waals surface area contributed by atoms with Gasteiger partial charge >= 0.3 is 0 Å². The van der Waals surface area contributed by atoms with Gasteiger partial charge in [0.1, 0.15) is 5.82 Å². The molecule has 3 nitrogen and oxygen atoms in total. The van der Waals surface area contributed by atoms with Gasteiger partial charge < -0.3 is 10.2 Å². The summed E-state index contributed by atoms with van der Waals surface area (Å²) in [5.41, 5.74) is 1.23. The molecule has 1 aromatic rings. The molecule has 0 radical (unpaired) electrons. The first-order chi connectivity index (χ1) is 7.69. The Bertz CT molecular complexity index is 293. The number of hydrogen-bond acceptors (Lipinski definition) is 3. The summed E-state index contributed by atoms with van der Waals surface area (Å²) in [6.07, 6.45) is 3.11. The summed E-state index contributed by atoms with van der Waals surface area (Å²) >= 11 is 0. The van der Waals surface area contributed by atoms with E-state index in [1.54, 1.807) is 0 Å². The van der Waals surface area contributed by atoms with E-state index in [1.807, 2.05) is 13.2 Å². The Morgan fingerprint density at radius 1 is 1.38 bits per heavy atom. The summed E-state index contributed by atoms with van der Waals surface area (Å²) < 4.78 is 0. The normalized spacial score (nSPS) is 10.8. The smallest absolute Gasteiger partial charge is 0.128 e. The summed E-state index contributed by atoms with van der Waals surface area (Å²) in [7, 11) is 1.95. The lowest BCUT2D eigenvalue weighted by molar-refractivity contribution is 0.661. The molecule has 0 aliphatic carbocycles. The minimum absolute atomic E-state index is 0.502. The molecular weight excluding hydrogens is 198 g/mol. The van der Waals surface area contributed by atoms with Crippen molar-refractivity contribution in [2.45, 2.75) is 39.8 Å². The summed E-state index contributed by atoms with van der Waals surface area (Å²) in [6.45, 7) is 8.56. The maximum atomic E-state index is 4.52. The van der Waals surface area contributed by atoms with E-state index in [-0.39, 0.29) is 0 Å². The number of nitrogens with one attached hydrogen (secondary N) is 1. The molecule has 1 heterocycles. The first-order valence-corrected chi connectivity index (χ1v) is 6.05. The minimum Gasteiger partial charge on any atom is -0.354 e. The predicted octanol–water partition coefficient (Wildman–Crippen LogP) is 2.43. The van der Waals surface area contributed by atoms with Crippen molar-refractivity contribution < 1.29 is 0 Å². The van der Waals surface area contributed by atoms with Crippen molar-refractivity contribution in [2.75, 3.05) is 18.5 Å². The van der Waals surface area contributed by atoms with Crippen molar-refractivity contribution in [2.24, 2.45) is 0 Å². The molecule has 1 rings (SSSR count). The van der Waals surface area contributed by atoms with E-state index < -0.39 is 0 Å². The van der Waals surface area contributed by atoms with Crippen LogP contribution in [0, 0.1) is 0 Å². The second-order valence-electron chi connectivity index (χ2n) is 4.34. The van der Waals surface area contributed by atoms with Gasteiger partial charge in [-0.2, -0.15) is 0 Å². The van der Waals surface area contributed by atoms with Crippen LogP contribution in [0.2, 0.25) is 0 Å². The van der Waals surface area contributed by atoms with Gasteiger partial charge in [-0.3, -0.25) is 0 Å². The molecule has 0 aliphatic heterocycles. The summed E-state index contributed by atoms with van der Waals surface area (Å²) in [4.78, 5) is 6.86. The van der Waals surface area contributed by atoms with E-state index in [0.717, 1.165) is 25.3 Å². The average molecular weight is 221 g/mol. The molecule has 0 atom stereocenters. The molecule has 90 valence electrons. The molecule has 1 N–H and O–H groups in total. The number of nitrogens with zero attached hydrogens (tertiary/aromatic N) is 2. The molecule has 0 fully saturated rings. The highest BCUT2D eigenvalue weighted by Gasteiger charge is 2.10. The molecular formula is C13H23N3. The largest absolute Gasteiger partial charge is 0.354 e. The van der Waals surface area contributed by atoms with E-state index in [0.29, 0.717) is 6.04 Å². The van der Waals surface area contributed by atoms with E-state index >= 15 is 0 Å². The van der Waals surface area contributed by atoms with Crippen LogP contribution in [0.5, 0.6) is 0 Å². The fourth-order valence-corrected chi connectivity index (χ4v) is 1.77. The van der Waals surface area contributed by atoms with Gasteiger partial charge in [0.25, 0.3) is 0 Å². The Kier molecular flexibility index (Phi) is 5.26. The minimum atomic E-state index is 0.502. The number of aromatic nitrogens is 1. The Hall–Kier alpha value is -1.09. The zero-order valence-electron chi connectivity index (χ0n) is 10.8. The molecule has 0 saturated carbocycles. The van der Waals surface area contributed by atoms with Crippen LogP contribution in [0.4, 0.5) is 5.82 Å². The van der Waals surface area contributed by atoms with Crippen LogP contribution in [0.3, 0.4) is 0 Å². The molecule has 0 bridgehead atoms. The fourth-order valence-electron chi connectivity index (χ4n) is 1.77. The van der Waals surface area contributed by atoms with Gasteiger partial charge in [-0.15, -0.1) is 0 Å². The van der Waals surface area contributed by atoms with Crippen molar-refractivity contribution in [3.8, 4) is 0 Å². The average Bonchev–Trinajstić information content (AvgIpc) is 2.27. The summed E-state index contributed by atoms with van der Waals surface area (Å²) in [5.74, 6) is 1.08. The zero-order valence-corrected chi connectivity index (χ0v) is 10.8. The zero-order chi connectivity index (χ0) is 12.0. The van der Waals surface area contributed by atoms with Crippen LogP contribution in [0.15, 0.2) is 18.3 Å². The molecule has 1 aromatic heterocycles. The van der Waals surface area contributed by atoms with Gasteiger partial charge in [-0.1, -0.05) is 13.0 Å². The lowest BCUT2D eigenvalue weighted by Crippen LogP contribution is -2.32. The second-order valence-corrected chi connectivity index (χ2v) is 4.34. The van der Waals surface area contributed by atoms with Gasteiger partial charge in [-0.25, -0.2) is 4.98 Å². The Morgan fingerprint density at radius 3 is 2.56 bits per heavy atom. The van der Waals surface area contributed by atoms with Crippen molar-refractivity contribution in [1.82, 2.24) is 10.3 Å². The molecule has 0 saturated heterocycles. The molecule has 0 aromatic carbocycles. The van der Waals surface area contributed by atoms with E-state index in [1.165, 1.54) is 5.56 Å². The summed E-state index contributed by atoms with van der Waals surface area (Å²) in [6, 6.07) is 4.76. The van der Waals surface area contributed by atoms with Gasteiger partial charge in [0, 0.05) is 25.3 Å². The summed E-state index contributed by atoms with van der Waals surface area (Å²) in [5, 5.41) is 3.13. The van der Waals surface area contributed by atoms with Crippen LogP contribution in [0.25, 0.3) is 0 Å². The van der Waals surface area contributed by atoms with Crippen molar-refractivity contribution in [3.63, 3.8) is 0 Å². The third-order valence-corrected chi connectivity index (χ3v) is 2.57. The predicted molar refractivity (Wildman–Crippen MR) is 69.8 cm³/mol. The Morgan fingerprint density at radius 2 is 2.12 bits per heavy atom. The Labute approximate surface area is 98.9 Å². The maximum absolute atomic E-state index is 4.52. The third kappa shape index (κ3) is 3.49. The highest BCUT2D eigenvalue weighted by Crippen LogP contribution is 2.14. The van der Waals surface area contributed by atoms with Crippen LogP contribution < -0.4 is 10.2 Å². The number of rotatable bonds is 6. The first kappa shape index (κ1) is 13.0. The third-order valence-electron chi connectivity index (χ3n) is 2.57. The number of pyridine rings is 1. The van der Waals surface area contributed by atoms with E-state index in [4.69, 9.17) is 0 Å². The quantitative estimate of drug-likeness (QED) is 0.799. The molecule has 3 heteroatoms. The standard InChI is InChI=1S/C13H23N3/c1-5-8-16(11(2)3)13-7-6-12(9-14-4)10-15-13/h6-7,10-11,14H,5,8-9H2,1-4H3. The lowest BCUT2D eigenvalue weighted by Gasteiger charge is -2.27. The molecule has 0 amide bonds. The SMILES string of the molecule is CCCN(c1ccc(CNC)cn1)C(C)C. The van der Waals surface area contributed by atoms with Gasteiger partial charge in [0.2, 0.25) is 0 Å². The Balaban J connectivity index is 2.77. The highest BCUT2D eigenvalue weighted by atomic mass is 15.2. The molecule has 0 aliphatic rings. The van der Waals surface area contributed by atoms with Gasteiger partial charge in [0.05, 0.1) is 0 Å². The first-order valence-electron chi connectivity index (χ1n) is 6.05. The van der Waals surface area contributed by atoms with E-state index in [9.17, 15) is 0 Å². The maximum Gasteiger partial charge on any atom is 0.128 e. The molecule has 0 unspecified atom stereocenters. The van der Waals surface area contributed by atoms with Gasteiger partial charge in [-0.05, 0) is 38.9 Å². The van der Waals surface area contributed by atoms with Crippen LogP contribution in [-0.4, -0.2) is 24.6 Å². The topological polar surface area (TPSA) is 28.2 Å². The fraction of sp³-hybridized carbons (Fsp3) is 0.615. The van der Waals surface area contributed by atoms with Gasteiger partial charge in [0.15, 0.2) is 0 Å². The van der Waals surface area contributed by atoms with Crippen molar-refractivity contribution in [1.29, 1.82) is 0 Å². The van der Waals surface area contributed by atoms with Crippen molar-refractivity contribution >= 4 is 5.82 Å². The monoisotopic (exact) mass is 221 g/mol. The van der Waals surface area contributed by atoms with Crippen LogP contribution in [-0.2, 0) is 6.54 Å². The van der Waals surface area contributed by atoms with E-state index in [2.05, 4.69) is 48.1 Å². The number of anilines is 1. The molecule has 0 spiro atoms. The lowest BCUT2D eigenvalue weighted by atomic mass is 10.2. The second kappa shape index (κ2) is 6.48. The van der Waals surface area contributed by atoms with Crippen molar-refractivity contribution in [3.05, 3.63) is 23.9 Å². The highest BCUT2D eigenvalue weighted by molar-refractivity contribution is 5.40.